The largest absolute Gasteiger partial charge is 0.444 e. The molecule has 1 aromatic heterocycles. The van der Waals surface area contributed by atoms with Gasteiger partial charge in [0.05, 0.1) is 6.04 Å². The van der Waals surface area contributed by atoms with Crippen LogP contribution in [0.1, 0.15) is 56.1 Å². The summed E-state index contributed by atoms with van der Waals surface area (Å²) in [4.78, 5) is 35.7. The van der Waals surface area contributed by atoms with E-state index in [2.05, 4.69) is 27.4 Å². The molecule has 1 aliphatic heterocycles. The monoisotopic (exact) mass is 535 g/mol. The zero-order valence-corrected chi connectivity index (χ0v) is 23.1. The van der Waals surface area contributed by atoms with Crippen molar-refractivity contribution in [2.75, 3.05) is 23.3 Å². The second-order valence-electron chi connectivity index (χ2n) is 10.5. The first kappa shape index (κ1) is 27.8. The molecular formula is C29H34FN5O4. The molecule has 0 saturated heterocycles. The number of hydrogen-bond acceptors (Lipinski definition) is 8. The van der Waals surface area contributed by atoms with Gasteiger partial charge in [0.25, 0.3) is 0 Å². The number of amides is 1. The minimum atomic E-state index is -0.676. The first-order valence-corrected chi connectivity index (χ1v) is 12.8. The molecule has 1 atom stereocenters. The predicted molar refractivity (Wildman–Crippen MR) is 147 cm³/mol. The number of halogens is 1. The maximum Gasteiger partial charge on any atom is 0.408 e. The van der Waals surface area contributed by atoms with Gasteiger partial charge in [-0.05, 0) is 95.5 Å². The lowest BCUT2D eigenvalue weighted by molar-refractivity contribution is -0.133. The van der Waals surface area contributed by atoms with E-state index in [1.54, 1.807) is 39.0 Å². The summed E-state index contributed by atoms with van der Waals surface area (Å²) in [7, 11) is 0. The maximum atomic E-state index is 13.3. The van der Waals surface area contributed by atoms with Crippen LogP contribution in [0, 0.1) is 19.7 Å². The lowest BCUT2D eigenvalue weighted by Gasteiger charge is -2.37. The zero-order chi connectivity index (χ0) is 28.3. The molecule has 206 valence electrons. The van der Waals surface area contributed by atoms with Crippen LogP contribution >= 0.6 is 0 Å². The van der Waals surface area contributed by atoms with E-state index in [0.717, 1.165) is 34.6 Å². The van der Waals surface area contributed by atoms with Gasteiger partial charge < -0.3 is 25.0 Å². The van der Waals surface area contributed by atoms with Gasteiger partial charge in [0, 0.05) is 23.5 Å². The number of nitrogens with zero attached hydrogens (tertiary/aromatic N) is 3. The molecule has 2 heterocycles. The Morgan fingerprint density at radius 2 is 1.82 bits per heavy atom. The molecule has 0 radical (unpaired) electrons. The van der Waals surface area contributed by atoms with Gasteiger partial charge in [-0.1, -0.05) is 6.07 Å². The number of benzene rings is 2. The highest BCUT2D eigenvalue weighted by molar-refractivity contribution is 5.79. The number of aryl methyl sites for hydroxylation is 1. The topological polar surface area (TPSA) is 106 Å². The number of nitrogens with one attached hydrogen (secondary N) is 2. The van der Waals surface area contributed by atoms with Crippen LogP contribution in [-0.2, 0) is 16.0 Å². The van der Waals surface area contributed by atoms with Crippen molar-refractivity contribution in [1.29, 1.82) is 0 Å². The van der Waals surface area contributed by atoms with Crippen LogP contribution in [0.4, 0.5) is 26.6 Å². The van der Waals surface area contributed by atoms with E-state index in [4.69, 9.17) is 14.5 Å². The van der Waals surface area contributed by atoms with Gasteiger partial charge >= 0.3 is 12.1 Å². The number of hydrogen-bond donors (Lipinski definition) is 2. The van der Waals surface area contributed by atoms with Gasteiger partial charge in [-0.3, -0.25) is 0 Å². The highest BCUT2D eigenvalue weighted by atomic mass is 19.1. The summed E-state index contributed by atoms with van der Waals surface area (Å²) < 4.78 is 23.9. The normalized spacial score (nSPS) is 14.8. The number of fused-ring (bicyclic) bond motifs is 1. The molecule has 3 aromatic rings. The van der Waals surface area contributed by atoms with Crippen molar-refractivity contribution in [3.05, 3.63) is 70.7 Å². The number of anilines is 3. The lowest BCUT2D eigenvalue weighted by Crippen LogP contribution is -2.37. The van der Waals surface area contributed by atoms with Crippen LogP contribution in [0.15, 0.2) is 42.5 Å². The van der Waals surface area contributed by atoms with Gasteiger partial charge in [-0.15, -0.1) is 0 Å². The van der Waals surface area contributed by atoms with Crippen LogP contribution in [0.3, 0.4) is 0 Å². The van der Waals surface area contributed by atoms with Crippen molar-refractivity contribution >= 4 is 29.5 Å². The summed E-state index contributed by atoms with van der Waals surface area (Å²) in [6.45, 7) is 11.7. The van der Waals surface area contributed by atoms with Crippen molar-refractivity contribution in [1.82, 2.24) is 15.3 Å². The molecule has 4 rings (SSSR count). The summed E-state index contributed by atoms with van der Waals surface area (Å²) in [5, 5.41) is 5.58. The molecule has 39 heavy (non-hydrogen) atoms. The highest BCUT2D eigenvalue weighted by Crippen LogP contribution is 2.36. The molecule has 1 unspecified atom stereocenters. The van der Waals surface area contributed by atoms with E-state index >= 15 is 0 Å². The fourth-order valence-corrected chi connectivity index (χ4v) is 4.40. The van der Waals surface area contributed by atoms with Crippen molar-refractivity contribution in [2.24, 2.45) is 0 Å². The maximum absolute atomic E-state index is 13.3. The second kappa shape index (κ2) is 11.3. The summed E-state index contributed by atoms with van der Waals surface area (Å²) >= 11 is 0. The zero-order valence-electron chi connectivity index (χ0n) is 23.1. The summed E-state index contributed by atoms with van der Waals surface area (Å²) in [6.07, 6.45) is 0.0508. The second-order valence-corrected chi connectivity index (χ2v) is 10.5. The van der Waals surface area contributed by atoms with Gasteiger partial charge in [0.1, 0.15) is 29.5 Å². The number of carbonyl (C=O) groups excluding carboxylic acids is 2. The van der Waals surface area contributed by atoms with Crippen LogP contribution in [-0.4, -0.2) is 40.7 Å². The Morgan fingerprint density at radius 3 is 2.51 bits per heavy atom. The van der Waals surface area contributed by atoms with E-state index in [9.17, 15) is 14.0 Å². The number of alkyl carbamates (subject to hydrolysis) is 1. The van der Waals surface area contributed by atoms with Gasteiger partial charge in [0.15, 0.2) is 0 Å². The number of ether oxygens (including phenoxy) is 2. The van der Waals surface area contributed by atoms with Gasteiger partial charge in [0.2, 0.25) is 5.95 Å². The summed E-state index contributed by atoms with van der Waals surface area (Å²) in [5.41, 5.74) is 4.07. The third-order valence-corrected chi connectivity index (χ3v) is 6.40. The average Bonchev–Trinajstić information content (AvgIpc) is 2.86. The Morgan fingerprint density at radius 1 is 1.10 bits per heavy atom. The first-order chi connectivity index (χ1) is 18.4. The molecule has 1 amide bonds. The standard InChI is InChI=1S/C29H34FN5O4/c1-17-18(2)32-27(33-22-9-7-21(30)8-10-22)34-26(17)35-14-13-20-15-23(11-12-24(20)19(35)3)38-25(36)16-31-28(37)39-29(4,5)6/h7-12,15,19H,13-14,16H2,1-6H3,(H,31,37)(H,32,33,34). The Hall–Kier alpha value is -4.21. The first-order valence-electron chi connectivity index (χ1n) is 12.8. The van der Waals surface area contributed by atoms with Crippen molar-refractivity contribution in [3.8, 4) is 5.75 Å². The van der Waals surface area contributed by atoms with Gasteiger partial charge in [-0.2, -0.15) is 4.98 Å². The van der Waals surface area contributed by atoms with Crippen LogP contribution < -0.4 is 20.3 Å². The number of rotatable bonds is 6. The molecule has 0 aliphatic carbocycles. The number of esters is 1. The highest BCUT2D eigenvalue weighted by Gasteiger charge is 2.28. The van der Waals surface area contributed by atoms with E-state index in [1.807, 2.05) is 26.0 Å². The minimum absolute atomic E-state index is 0.0130. The third kappa shape index (κ3) is 7.01. The fourth-order valence-electron chi connectivity index (χ4n) is 4.40. The van der Waals surface area contributed by atoms with E-state index in [1.165, 1.54) is 12.1 Å². The molecule has 10 heteroatoms. The Bertz CT molecular complexity index is 1370. The molecule has 0 fully saturated rings. The number of carbonyl (C=O) groups is 2. The Kier molecular flexibility index (Phi) is 8.03. The van der Waals surface area contributed by atoms with Crippen molar-refractivity contribution in [3.63, 3.8) is 0 Å². The van der Waals surface area contributed by atoms with Gasteiger partial charge in [-0.25, -0.2) is 19.0 Å². The predicted octanol–water partition coefficient (Wildman–Crippen LogP) is 5.53. The smallest absolute Gasteiger partial charge is 0.408 e. The molecule has 0 saturated carbocycles. The van der Waals surface area contributed by atoms with Crippen LogP contribution in [0.2, 0.25) is 0 Å². The molecule has 1 aliphatic rings. The third-order valence-electron chi connectivity index (χ3n) is 6.40. The quantitative estimate of drug-likeness (QED) is 0.314. The lowest BCUT2D eigenvalue weighted by atomic mass is 9.93. The van der Waals surface area contributed by atoms with Crippen molar-refractivity contribution < 1.29 is 23.5 Å². The molecule has 2 N–H and O–H groups in total. The minimum Gasteiger partial charge on any atom is -0.444 e. The number of aromatic nitrogens is 2. The Labute approximate surface area is 227 Å². The fraction of sp³-hybridized carbons (Fsp3) is 0.379. The summed E-state index contributed by atoms with van der Waals surface area (Å²) in [6, 6.07) is 11.7. The molecule has 9 nitrogen and oxygen atoms in total. The van der Waals surface area contributed by atoms with Crippen molar-refractivity contribution in [2.45, 2.75) is 59.6 Å². The molecule has 0 bridgehead atoms. The average molecular weight is 536 g/mol. The van der Waals surface area contributed by atoms with E-state index in [-0.39, 0.29) is 18.4 Å². The Balaban J connectivity index is 1.45. The van der Waals surface area contributed by atoms with Crippen LogP contribution in [0.25, 0.3) is 0 Å². The van der Waals surface area contributed by atoms with E-state index in [0.29, 0.717) is 23.9 Å². The van der Waals surface area contributed by atoms with Crippen LogP contribution in [0.5, 0.6) is 5.75 Å². The SMILES string of the molecule is Cc1nc(Nc2ccc(F)cc2)nc(N2CCc3cc(OC(=O)CNC(=O)OC(C)(C)C)ccc3C2C)c1C. The molecule has 2 aromatic carbocycles. The molecular weight excluding hydrogens is 501 g/mol. The molecule has 0 spiro atoms. The summed E-state index contributed by atoms with van der Waals surface area (Å²) in [5.74, 6) is 0.803. The van der Waals surface area contributed by atoms with E-state index < -0.39 is 17.7 Å².